The van der Waals surface area contributed by atoms with Gasteiger partial charge in [-0.3, -0.25) is 9.48 Å². The number of aromatic nitrogens is 6. The predicted molar refractivity (Wildman–Crippen MR) is 146 cm³/mol. The molecule has 3 aliphatic rings. The summed E-state index contributed by atoms with van der Waals surface area (Å²) in [6, 6.07) is 8.24. The quantitative estimate of drug-likeness (QED) is 0.325. The first kappa shape index (κ1) is 24.9. The fraction of sp³-hybridized carbons (Fsp3) is 0.414. The number of carbonyl (C=O) groups excluding carboxylic acids is 1. The van der Waals surface area contributed by atoms with Crippen molar-refractivity contribution in [3.8, 4) is 22.9 Å². The average Bonchev–Trinajstić information content (AvgIpc) is 3.85. The monoisotopic (exact) mass is 544 g/mol. The molecule has 7 rings (SSSR count). The third kappa shape index (κ3) is 4.33. The largest absolute Gasteiger partial charge is 0.341 e. The fourth-order valence-corrected chi connectivity index (χ4v) is 5.44. The zero-order valence-corrected chi connectivity index (χ0v) is 22.7. The van der Waals surface area contributed by atoms with Crippen molar-refractivity contribution in [3.05, 3.63) is 59.7 Å². The average molecular weight is 545 g/mol. The molecule has 0 spiro atoms. The molecule has 40 heavy (non-hydrogen) atoms. The molecule has 0 saturated heterocycles. The van der Waals surface area contributed by atoms with E-state index < -0.39 is 5.92 Å². The number of fused-ring (bicyclic) bond motifs is 1. The summed E-state index contributed by atoms with van der Waals surface area (Å²) in [5, 5.41) is 4.58. The predicted octanol–water partition coefficient (Wildman–Crippen LogP) is 5.01. The number of rotatable bonds is 7. The summed E-state index contributed by atoms with van der Waals surface area (Å²) in [5.41, 5.74) is 4.15. The molecule has 0 unspecified atom stereocenters. The van der Waals surface area contributed by atoms with Crippen molar-refractivity contribution < 1.29 is 13.6 Å². The van der Waals surface area contributed by atoms with Crippen LogP contribution in [-0.2, 0) is 24.3 Å². The summed E-state index contributed by atoms with van der Waals surface area (Å²) in [6.07, 6.45) is 9.19. The Labute approximate surface area is 230 Å². The summed E-state index contributed by atoms with van der Waals surface area (Å²) in [6.45, 7) is 3.56. The van der Waals surface area contributed by atoms with E-state index in [2.05, 4.69) is 10.1 Å². The van der Waals surface area contributed by atoms with Crippen molar-refractivity contribution in [3.63, 3.8) is 0 Å². The number of hydrogen-bond acceptors (Lipinski definition) is 6. The molecule has 0 bridgehead atoms. The van der Waals surface area contributed by atoms with Crippen molar-refractivity contribution in [1.29, 1.82) is 0 Å². The molecule has 11 heteroatoms. The molecule has 1 aliphatic heterocycles. The van der Waals surface area contributed by atoms with E-state index in [9.17, 15) is 13.6 Å². The molecule has 0 N–H and O–H groups in total. The molecule has 2 saturated carbocycles. The molecular formula is C29H30F2N8O. The van der Waals surface area contributed by atoms with Gasteiger partial charge in [-0.1, -0.05) is 24.3 Å². The lowest BCUT2D eigenvalue weighted by Gasteiger charge is -2.36. The highest BCUT2D eigenvalue weighted by Gasteiger charge is 2.41. The van der Waals surface area contributed by atoms with Crippen LogP contribution in [-0.4, -0.2) is 47.8 Å². The molecule has 1 amide bonds. The van der Waals surface area contributed by atoms with Gasteiger partial charge in [-0.2, -0.15) is 13.9 Å². The van der Waals surface area contributed by atoms with E-state index in [0.717, 1.165) is 66.5 Å². The van der Waals surface area contributed by atoms with Gasteiger partial charge < -0.3 is 14.4 Å². The van der Waals surface area contributed by atoms with Gasteiger partial charge in [-0.15, -0.1) is 0 Å². The molecule has 1 aromatic carbocycles. The van der Waals surface area contributed by atoms with E-state index in [1.165, 1.54) is 6.20 Å². The summed E-state index contributed by atoms with van der Waals surface area (Å²) in [5.74, 6) is -1.13. The van der Waals surface area contributed by atoms with E-state index >= 15 is 0 Å². The lowest BCUT2D eigenvalue weighted by atomic mass is 10.1. The molecule has 0 radical (unpaired) electrons. The number of benzene rings is 1. The summed E-state index contributed by atoms with van der Waals surface area (Å²) in [4.78, 5) is 31.0. The van der Waals surface area contributed by atoms with Gasteiger partial charge in [0, 0.05) is 38.3 Å². The van der Waals surface area contributed by atoms with Crippen LogP contribution >= 0.6 is 0 Å². The molecule has 9 nitrogen and oxygen atoms in total. The number of hydrogen-bond donors (Lipinski definition) is 0. The first-order valence-electron chi connectivity index (χ1n) is 13.7. The molecule has 0 atom stereocenters. The minimum atomic E-state index is -3.01. The van der Waals surface area contributed by atoms with Crippen molar-refractivity contribution >= 4 is 17.4 Å². The number of aryl methyl sites for hydroxylation is 2. The molecular weight excluding hydrogens is 514 g/mol. The van der Waals surface area contributed by atoms with Crippen LogP contribution in [0.5, 0.6) is 0 Å². The second-order valence-electron chi connectivity index (χ2n) is 11.3. The van der Waals surface area contributed by atoms with E-state index in [-0.39, 0.29) is 24.2 Å². The SMILES string of the molecule is Cc1cnn(C2CC2)c1-c1ncc2c(n1)N(Cc1ccc(-c3nc(C(C)(F)F)cn3C)cc1)CC(=O)N2C1CC1. The topological polar surface area (TPSA) is 85.0 Å². The standard InChI is InChI=1S/C29H30F2N8O/c1-17-12-33-39(21-10-11-21)25(17)26-32-13-22-28(35-26)37(16-24(40)38(22)20-8-9-20)14-18-4-6-19(7-5-18)27-34-23(15-36(27)3)29(2,30)31/h4-7,12-13,15,20-21H,8-11,14,16H2,1-3H3. The van der Waals surface area contributed by atoms with Gasteiger partial charge in [-0.25, -0.2) is 15.0 Å². The van der Waals surface area contributed by atoms with Gasteiger partial charge in [0.2, 0.25) is 5.91 Å². The van der Waals surface area contributed by atoms with Crippen LogP contribution in [0.1, 0.15) is 55.5 Å². The van der Waals surface area contributed by atoms with Gasteiger partial charge in [-0.05, 0) is 43.7 Å². The minimum Gasteiger partial charge on any atom is -0.341 e. The zero-order chi connectivity index (χ0) is 27.8. The number of carbonyl (C=O) groups is 1. The summed E-state index contributed by atoms with van der Waals surface area (Å²) < 4.78 is 31.2. The maximum atomic E-state index is 13.8. The smallest absolute Gasteiger partial charge is 0.288 e. The Morgan fingerprint density at radius 1 is 1.02 bits per heavy atom. The Bertz CT molecular complexity index is 1610. The van der Waals surface area contributed by atoms with Crippen LogP contribution in [0.4, 0.5) is 20.3 Å². The number of alkyl halides is 2. The first-order valence-corrected chi connectivity index (χ1v) is 13.7. The first-order chi connectivity index (χ1) is 19.2. The number of amides is 1. The van der Waals surface area contributed by atoms with Gasteiger partial charge in [0.25, 0.3) is 5.92 Å². The van der Waals surface area contributed by atoms with Crippen LogP contribution in [0.2, 0.25) is 0 Å². The maximum absolute atomic E-state index is 13.8. The van der Waals surface area contributed by atoms with Gasteiger partial charge in [0.05, 0.1) is 25.0 Å². The molecule has 2 fully saturated rings. The number of anilines is 2. The van der Waals surface area contributed by atoms with Gasteiger partial charge >= 0.3 is 0 Å². The molecule has 206 valence electrons. The van der Waals surface area contributed by atoms with Crippen molar-refractivity contribution in [2.24, 2.45) is 7.05 Å². The Hall–Kier alpha value is -4.15. The van der Waals surface area contributed by atoms with Crippen molar-refractivity contribution in [1.82, 2.24) is 29.3 Å². The number of halogens is 2. The molecule has 4 aromatic rings. The van der Waals surface area contributed by atoms with Crippen LogP contribution in [0.25, 0.3) is 22.9 Å². The Morgan fingerprint density at radius 2 is 1.75 bits per heavy atom. The highest BCUT2D eigenvalue weighted by atomic mass is 19.3. The van der Waals surface area contributed by atoms with Crippen LogP contribution < -0.4 is 9.80 Å². The normalized spacial score (nSPS) is 17.5. The summed E-state index contributed by atoms with van der Waals surface area (Å²) >= 11 is 0. The van der Waals surface area contributed by atoms with Crippen molar-refractivity contribution in [2.75, 3.05) is 16.3 Å². The molecule has 2 aliphatic carbocycles. The van der Waals surface area contributed by atoms with E-state index in [0.29, 0.717) is 24.2 Å². The minimum absolute atomic E-state index is 0.0446. The second kappa shape index (κ2) is 8.94. The highest BCUT2D eigenvalue weighted by Crippen LogP contribution is 2.42. The molecule has 4 heterocycles. The highest BCUT2D eigenvalue weighted by molar-refractivity contribution is 6.03. The third-order valence-electron chi connectivity index (χ3n) is 7.81. The number of nitrogens with zero attached hydrogens (tertiary/aromatic N) is 8. The van der Waals surface area contributed by atoms with Crippen LogP contribution in [0, 0.1) is 6.92 Å². The zero-order valence-electron chi connectivity index (χ0n) is 22.7. The van der Waals surface area contributed by atoms with E-state index in [4.69, 9.17) is 9.97 Å². The van der Waals surface area contributed by atoms with E-state index in [1.54, 1.807) is 17.8 Å². The Kier molecular flexibility index (Phi) is 5.55. The van der Waals surface area contributed by atoms with Crippen molar-refractivity contribution in [2.45, 2.75) is 64.1 Å². The Morgan fingerprint density at radius 3 is 2.40 bits per heavy atom. The lowest BCUT2D eigenvalue weighted by Crippen LogP contribution is -2.47. The lowest BCUT2D eigenvalue weighted by molar-refractivity contribution is -0.117. The van der Waals surface area contributed by atoms with Crippen LogP contribution in [0.15, 0.2) is 42.9 Å². The van der Waals surface area contributed by atoms with Gasteiger partial charge in [0.1, 0.15) is 22.9 Å². The Balaban J connectivity index is 1.21. The van der Waals surface area contributed by atoms with Crippen LogP contribution in [0.3, 0.4) is 0 Å². The second-order valence-corrected chi connectivity index (χ2v) is 11.3. The maximum Gasteiger partial charge on any atom is 0.288 e. The van der Waals surface area contributed by atoms with E-state index in [1.807, 2.05) is 51.9 Å². The third-order valence-corrected chi connectivity index (χ3v) is 7.81. The number of imidazole rings is 1. The molecule has 3 aromatic heterocycles. The fourth-order valence-electron chi connectivity index (χ4n) is 5.44. The summed E-state index contributed by atoms with van der Waals surface area (Å²) in [7, 11) is 1.71. The van der Waals surface area contributed by atoms with Gasteiger partial charge in [0.15, 0.2) is 11.6 Å².